The molecular weight excluding hydrogens is 194 g/mol. The minimum absolute atomic E-state index is 0.411. The Morgan fingerprint density at radius 3 is 2.50 bits per heavy atom. The summed E-state index contributed by atoms with van der Waals surface area (Å²) in [5.74, 6) is 3.54. The van der Waals surface area contributed by atoms with Crippen molar-refractivity contribution in [3.63, 3.8) is 0 Å². The summed E-state index contributed by atoms with van der Waals surface area (Å²) >= 11 is 0. The third kappa shape index (κ3) is 3.83. The maximum Gasteiger partial charge on any atom is 0.0238 e. The molecule has 1 rings (SSSR count). The van der Waals surface area contributed by atoms with Gasteiger partial charge in [-0.25, -0.2) is 0 Å². The van der Waals surface area contributed by atoms with E-state index in [1.54, 1.807) is 0 Å². The van der Waals surface area contributed by atoms with Gasteiger partial charge < -0.3 is 5.32 Å². The molecule has 92 valence electrons. The second kappa shape index (κ2) is 5.73. The molecule has 0 aliphatic heterocycles. The molecule has 1 fully saturated rings. The fourth-order valence-electron chi connectivity index (χ4n) is 2.97. The van der Waals surface area contributed by atoms with Gasteiger partial charge in [-0.2, -0.15) is 0 Å². The Hall–Kier alpha value is -0.480. The first kappa shape index (κ1) is 13.6. The lowest BCUT2D eigenvalue weighted by Gasteiger charge is -2.42. The lowest BCUT2D eigenvalue weighted by molar-refractivity contribution is 0.125. The van der Waals surface area contributed by atoms with Crippen molar-refractivity contribution in [3.05, 3.63) is 0 Å². The fraction of sp³-hybridized carbons (Fsp3) is 0.867. The zero-order valence-corrected chi connectivity index (χ0v) is 11.3. The molecule has 1 N–H and O–H groups in total. The molecule has 3 unspecified atom stereocenters. The van der Waals surface area contributed by atoms with Crippen molar-refractivity contribution in [2.75, 3.05) is 0 Å². The van der Waals surface area contributed by atoms with E-state index in [0.29, 0.717) is 17.5 Å². The number of hydrogen-bond acceptors (Lipinski definition) is 1. The van der Waals surface area contributed by atoms with Crippen LogP contribution in [0, 0.1) is 23.7 Å². The first-order chi connectivity index (χ1) is 7.45. The molecule has 1 aliphatic carbocycles. The van der Waals surface area contributed by atoms with E-state index >= 15 is 0 Å². The summed E-state index contributed by atoms with van der Waals surface area (Å²) in [6, 6.07) is 1.12. The van der Waals surface area contributed by atoms with E-state index < -0.39 is 0 Å². The summed E-state index contributed by atoms with van der Waals surface area (Å²) in [7, 11) is 0. The molecule has 0 aromatic heterocycles. The Bertz CT molecular complexity index is 243. The standard InChI is InChI=1S/C15H27N/c1-6-9-12(2)16-14-11-8-7-10-13(14)15(3,4)5/h1,12-14,16H,7-11H2,2-5H3. The normalized spacial score (nSPS) is 28.4. The monoisotopic (exact) mass is 221 g/mol. The van der Waals surface area contributed by atoms with Gasteiger partial charge in [-0.15, -0.1) is 12.3 Å². The molecule has 0 aromatic rings. The Balaban J connectivity index is 2.58. The maximum atomic E-state index is 5.36. The van der Waals surface area contributed by atoms with Crippen LogP contribution in [0.4, 0.5) is 0 Å². The Morgan fingerprint density at radius 2 is 1.94 bits per heavy atom. The SMILES string of the molecule is C#CCC(C)NC1CCCCC1C(C)(C)C. The molecule has 1 heteroatoms. The Morgan fingerprint density at radius 1 is 1.31 bits per heavy atom. The molecule has 3 atom stereocenters. The average Bonchev–Trinajstić information content (AvgIpc) is 2.17. The highest BCUT2D eigenvalue weighted by atomic mass is 15.0. The van der Waals surface area contributed by atoms with Crippen LogP contribution in [0.25, 0.3) is 0 Å². The van der Waals surface area contributed by atoms with Crippen molar-refractivity contribution >= 4 is 0 Å². The Labute approximate surface area is 101 Å². The van der Waals surface area contributed by atoms with E-state index in [-0.39, 0.29) is 0 Å². The minimum Gasteiger partial charge on any atom is -0.310 e. The highest BCUT2D eigenvalue weighted by Crippen LogP contribution is 2.38. The van der Waals surface area contributed by atoms with Crippen molar-refractivity contribution in [1.29, 1.82) is 0 Å². The molecule has 1 nitrogen and oxygen atoms in total. The molecule has 0 aromatic carbocycles. The minimum atomic E-state index is 0.411. The van der Waals surface area contributed by atoms with Crippen LogP contribution in [0.1, 0.15) is 59.8 Å². The highest BCUT2D eigenvalue weighted by Gasteiger charge is 2.34. The zero-order chi connectivity index (χ0) is 12.2. The van der Waals surface area contributed by atoms with Crippen LogP contribution in [-0.2, 0) is 0 Å². The van der Waals surface area contributed by atoms with Gasteiger partial charge in [0.25, 0.3) is 0 Å². The molecular formula is C15H27N. The molecule has 1 aliphatic rings. The van der Waals surface area contributed by atoms with Crippen LogP contribution >= 0.6 is 0 Å². The molecule has 0 heterocycles. The van der Waals surface area contributed by atoms with Gasteiger partial charge in [-0.3, -0.25) is 0 Å². The van der Waals surface area contributed by atoms with Gasteiger partial charge in [0.2, 0.25) is 0 Å². The van der Waals surface area contributed by atoms with E-state index in [9.17, 15) is 0 Å². The first-order valence-electron chi connectivity index (χ1n) is 6.64. The average molecular weight is 221 g/mol. The first-order valence-corrected chi connectivity index (χ1v) is 6.64. The van der Waals surface area contributed by atoms with Crippen LogP contribution in [0.15, 0.2) is 0 Å². The predicted molar refractivity (Wildman–Crippen MR) is 71.2 cm³/mol. The maximum absolute atomic E-state index is 5.36. The molecule has 0 saturated heterocycles. The molecule has 0 spiro atoms. The lowest BCUT2D eigenvalue weighted by Crippen LogP contribution is -2.47. The van der Waals surface area contributed by atoms with Crippen LogP contribution in [0.2, 0.25) is 0 Å². The number of rotatable bonds is 3. The molecule has 0 amide bonds. The quantitative estimate of drug-likeness (QED) is 0.718. The summed E-state index contributed by atoms with van der Waals surface area (Å²) in [5, 5.41) is 3.73. The summed E-state index contributed by atoms with van der Waals surface area (Å²) in [4.78, 5) is 0. The van der Waals surface area contributed by atoms with E-state index in [2.05, 4.69) is 38.9 Å². The second-order valence-corrected chi connectivity index (χ2v) is 6.34. The van der Waals surface area contributed by atoms with E-state index in [0.717, 1.165) is 12.3 Å². The summed E-state index contributed by atoms with van der Waals surface area (Å²) in [6.07, 6.45) is 11.6. The largest absolute Gasteiger partial charge is 0.310 e. The van der Waals surface area contributed by atoms with Gasteiger partial charge in [0, 0.05) is 18.5 Å². The second-order valence-electron chi connectivity index (χ2n) is 6.34. The topological polar surface area (TPSA) is 12.0 Å². The number of hydrogen-bond donors (Lipinski definition) is 1. The van der Waals surface area contributed by atoms with Gasteiger partial charge in [0.05, 0.1) is 0 Å². The van der Waals surface area contributed by atoms with Gasteiger partial charge in [-0.05, 0) is 31.1 Å². The van der Waals surface area contributed by atoms with Gasteiger partial charge in [0.1, 0.15) is 0 Å². The van der Waals surface area contributed by atoms with Crippen molar-refractivity contribution in [2.24, 2.45) is 11.3 Å². The number of nitrogens with one attached hydrogen (secondary N) is 1. The van der Waals surface area contributed by atoms with Crippen LogP contribution in [0.3, 0.4) is 0 Å². The Kier molecular flexibility index (Phi) is 4.87. The zero-order valence-electron chi connectivity index (χ0n) is 11.3. The van der Waals surface area contributed by atoms with Gasteiger partial charge in [-0.1, -0.05) is 33.6 Å². The highest BCUT2D eigenvalue weighted by molar-refractivity contribution is 4.93. The van der Waals surface area contributed by atoms with Gasteiger partial charge in [0.15, 0.2) is 0 Å². The van der Waals surface area contributed by atoms with E-state index in [1.165, 1.54) is 25.7 Å². The van der Waals surface area contributed by atoms with E-state index in [1.807, 2.05) is 0 Å². The van der Waals surface area contributed by atoms with Crippen LogP contribution in [-0.4, -0.2) is 12.1 Å². The number of terminal acetylenes is 1. The van der Waals surface area contributed by atoms with Gasteiger partial charge >= 0.3 is 0 Å². The van der Waals surface area contributed by atoms with Crippen molar-refractivity contribution in [1.82, 2.24) is 5.32 Å². The summed E-state index contributed by atoms with van der Waals surface area (Å²) in [5.41, 5.74) is 0.411. The third-order valence-corrected chi connectivity index (χ3v) is 3.80. The summed E-state index contributed by atoms with van der Waals surface area (Å²) < 4.78 is 0. The van der Waals surface area contributed by atoms with Crippen molar-refractivity contribution in [3.8, 4) is 12.3 Å². The molecule has 0 bridgehead atoms. The molecule has 16 heavy (non-hydrogen) atoms. The predicted octanol–water partition coefficient (Wildman–Crippen LogP) is 3.59. The van der Waals surface area contributed by atoms with Crippen LogP contribution < -0.4 is 5.32 Å². The lowest BCUT2D eigenvalue weighted by atomic mass is 9.69. The van der Waals surface area contributed by atoms with E-state index in [4.69, 9.17) is 6.42 Å². The fourth-order valence-corrected chi connectivity index (χ4v) is 2.97. The van der Waals surface area contributed by atoms with Crippen molar-refractivity contribution < 1.29 is 0 Å². The smallest absolute Gasteiger partial charge is 0.0238 e. The van der Waals surface area contributed by atoms with Crippen molar-refractivity contribution in [2.45, 2.75) is 71.9 Å². The third-order valence-electron chi connectivity index (χ3n) is 3.80. The molecule has 1 saturated carbocycles. The summed E-state index contributed by atoms with van der Waals surface area (Å²) in [6.45, 7) is 9.30. The molecule has 0 radical (unpaired) electrons. The van der Waals surface area contributed by atoms with Crippen LogP contribution in [0.5, 0.6) is 0 Å².